The van der Waals surface area contributed by atoms with Gasteiger partial charge in [-0.05, 0) is 30.7 Å². The number of phenols is 2. The van der Waals surface area contributed by atoms with E-state index in [4.69, 9.17) is 26.3 Å². The molecule has 0 bridgehead atoms. The highest BCUT2D eigenvalue weighted by atomic mass is 35.5. The number of nitriles is 1. The molecular formula is C14H14ClNO5. The second kappa shape index (κ2) is 7.53. The van der Waals surface area contributed by atoms with E-state index in [1.807, 2.05) is 0 Å². The molecule has 0 aliphatic heterocycles. The van der Waals surface area contributed by atoms with Gasteiger partial charge >= 0.3 is 5.97 Å². The minimum Gasteiger partial charge on any atom is -0.504 e. The van der Waals surface area contributed by atoms with Gasteiger partial charge in [-0.15, -0.1) is 0 Å². The third kappa shape index (κ3) is 4.67. The number of aromatic hydroxyl groups is 2. The fourth-order valence-corrected chi connectivity index (χ4v) is 1.73. The summed E-state index contributed by atoms with van der Waals surface area (Å²) >= 11 is 5.70. The Kier molecular flexibility index (Phi) is 6.03. The van der Waals surface area contributed by atoms with Crippen molar-refractivity contribution in [3.05, 3.63) is 28.3 Å². The van der Waals surface area contributed by atoms with E-state index in [1.54, 1.807) is 13.0 Å². The van der Waals surface area contributed by atoms with Crippen molar-refractivity contribution in [2.45, 2.75) is 13.0 Å². The number of benzene rings is 1. The molecule has 2 N–H and O–H groups in total. The van der Waals surface area contributed by atoms with Gasteiger partial charge in [0.05, 0.1) is 11.6 Å². The molecule has 1 aromatic carbocycles. The predicted octanol–water partition coefficient (Wildman–Crippen LogP) is 2.24. The van der Waals surface area contributed by atoms with Crippen molar-refractivity contribution < 1.29 is 24.5 Å². The van der Waals surface area contributed by atoms with Gasteiger partial charge in [-0.3, -0.25) is 0 Å². The second-order valence-corrected chi connectivity index (χ2v) is 4.62. The molecule has 1 rings (SSSR count). The van der Waals surface area contributed by atoms with Crippen LogP contribution in [0.1, 0.15) is 12.5 Å². The van der Waals surface area contributed by atoms with Crippen molar-refractivity contribution in [2.24, 2.45) is 0 Å². The van der Waals surface area contributed by atoms with Gasteiger partial charge in [-0.1, -0.05) is 11.6 Å². The Morgan fingerprint density at radius 3 is 2.71 bits per heavy atom. The molecule has 0 fully saturated rings. The van der Waals surface area contributed by atoms with Crippen LogP contribution in [0.4, 0.5) is 0 Å². The average molecular weight is 312 g/mol. The molecular weight excluding hydrogens is 298 g/mol. The zero-order chi connectivity index (χ0) is 16.0. The van der Waals surface area contributed by atoms with Crippen LogP contribution < -0.4 is 0 Å². The maximum atomic E-state index is 11.8. The first-order valence-electron chi connectivity index (χ1n) is 5.92. The normalized spacial score (nSPS) is 12.6. The molecule has 0 radical (unpaired) electrons. The summed E-state index contributed by atoms with van der Waals surface area (Å²) in [4.78, 5) is 11.8. The molecule has 0 heterocycles. The van der Waals surface area contributed by atoms with E-state index in [2.05, 4.69) is 0 Å². The number of halogens is 1. The van der Waals surface area contributed by atoms with Crippen LogP contribution in [-0.4, -0.2) is 36.0 Å². The largest absolute Gasteiger partial charge is 0.504 e. The van der Waals surface area contributed by atoms with Crippen LogP contribution in [0.5, 0.6) is 11.5 Å². The van der Waals surface area contributed by atoms with E-state index in [9.17, 15) is 15.0 Å². The van der Waals surface area contributed by atoms with E-state index in [-0.39, 0.29) is 22.8 Å². The van der Waals surface area contributed by atoms with Crippen LogP contribution >= 0.6 is 11.6 Å². The number of carbonyl (C=O) groups is 1. The van der Waals surface area contributed by atoms with Crippen LogP contribution in [0, 0.1) is 11.3 Å². The van der Waals surface area contributed by atoms with Gasteiger partial charge in [0.2, 0.25) is 0 Å². The molecule has 0 spiro atoms. The summed E-state index contributed by atoms with van der Waals surface area (Å²) < 4.78 is 9.82. The Morgan fingerprint density at radius 2 is 2.19 bits per heavy atom. The highest BCUT2D eigenvalue weighted by molar-refractivity contribution is 6.32. The van der Waals surface area contributed by atoms with Crippen LogP contribution in [0.15, 0.2) is 17.7 Å². The topological polar surface area (TPSA) is 99.8 Å². The van der Waals surface area contributed by atoms with Gasteiger partial charge in [0, 0.05) is 7.11 Å². The molecule has 0 aliphatic rings. The maximum absolute atomic E-state index is 11.8. The van der Waals surface area contributed by atoms with E-state index < -0.39 is 23.6 Å². The average Bonchev–Trinajstić information content (AvgIpc) is 2.42. The van der Waals surface area contributed by atoms with E-state index in [0.29, 0.717) is 0 Å². The minimum absolute atomic E-state index is 0.0975. The first kappa shape index (κ1) is 16.8. The molecule has 0 aromatic heterocycles. The number of phenolic OH excluding ortho intramolecular Hbond substituents is 2. The lowest BCUT2D eigenvalue weighted by molar-refractivity contribution is -0.145. The molecule has 7 heteroatoms. The SMILES string of the molecule is COC[C@@H](C)OC(=O)/C(C#N)=C/c1cc(O)c(O)c(Cl)c1. The Hall–Kier alpha value is -2.23. The molecule has 0 unspecified atom stereocenters. The number of esters is 1. The highest BCUT2D eigenvalue weighted by Gasteiger charge is 2.15. The van der Waals surface area contributed by atoms with Gasteiger partial charge in [0.15, 0.2) is 11.5 Å². The molecule has 0 saturated carbocycles. The Balaban J connectivity index is 2.99. The third-order valence-corrected chi connectivity index (χ3v) is 2.71. The number of carbonyl (C=O) groups excluding carboxylic acids is 1. The molecule has 1 atom stereocenters. The van der Waals surface area contributed by atoms with Gasteiger partial charge in [-0.25, -0.2) is 4.79 Å². The maximum Gasteiger partial charge on any atom is 0.349 e. The summed E-state index contributed by atoms with van der Waals surface area (Å²) in [5, 5.41) is 27.7. The predicted molar refractivity (Wildman–Crippen MR) is 75.8 cm³/mol. The fraction of sp³-hybridized carbons (Fsp3) is 0.286. The molecule has 0 aliphatic carbocycles. The summed E-state index contributed by atoms with van der Waals surface area (Å²) in [5.74, 6) is -1.73. The zero-order valence-corrected chi connectivity index (χ0v) is 12.2. The van der Waals surface area contributed by atoms with Crippen molar-refractivity contribution in [2.75, 3.05) is 13.7 Å². The molecule has 21 heavy (non-hydrogen) atoms. The minimum atomic E-state index is -0.814. The number of hydrogen-bond donors (Lipinski definition) is 2. The van der Waals surface area contributed by atoms with Gasteiger partial charge in [0.25, 0.3) is 0 Å². The molecule has 0 amide bonds. The van der Waals surface area contributed by atoms with Gasteiger partial charge in [-0.2, -0.15) is 5.26 Å². The number of nitrogens with zero attached hydrogens (tertiary/aromatic N) is 1. The van der Waals surface area contributed by atoms with Crippen molar-refractivity contribution in [3.8, 4) is 17.6 Å². The number of methoxy groups -OCH3 is 1. The lowest BCUT2D eigenvalue weighted by atomic mass is 10.1. The fourth-order valence-electron chi connectivity index (χ4n) is 1.51. The lowest BCUT2D eigenvalue weighted by Crippen LogP contribution is -2.20. The Bertz CT molecular complexity index is 583. The van der Waals surface area contributed by atoms with E-state index in [0.717, 1.165) is 0 Å². The molecule has 1 aromatic rings. The van der Waals surface area contributed by atoms with Crippen molar-refractivity contribution in [1.29, 1.82) is 5.26 Å². The Labute approximate surface area is 126 Å². The lowest BCUT2D eigenvalue weighted by Gasteiger charge is -2.11. The molecule has 112 valence electrons. The van der Waals surface area contributed by atoms with Crippen LogP contribution in [0.25, 0.3) is 6.08 Å². The number of rotatable bonds is 5. The van der Waals surface area contributed by atoms with Crippen LogP contribution in [0.3, 0.4) is 0 Å². The third-order valence-electron chi connectivity index (χ3n) is 2.43. The summed E-state index contributed by atoms with van der Waals surface area (Å²) in [6.45, 7) is 1.83. The highest BCUT2D eigenvalue weighted by Crippen LogP contribution is 2.34. The van der Waals surface area contributed by atoms with Gasteiger partial charge in [0.1, 0.15) is 17.7 Å². The monoisotopic (exact) mass is 311 g/mol. The Morgan fingerprint density at radius 1 is 1.52 bits per heavy atom. The van der Waals surface area contributed by atoms with Crippen molar-refractivity contribution >= 4 is 23.6 Å². The number of ether oxygens (including phenoxy) is 2. The zero-order valence-electron chi connectivity index (χ0n) is 11.5. The first-order valence-corrected chi connectivity index (χ1v) is 6.30. The molecule has 6 nitrogen and oxygen atoms in total. The van der Waals surface area contributed by atoms with Crippen LogP contribution in [0.2, 0.25) is 5.02 Å². The van der Waals surface area contributed by atoms with E-state index >= 15 is 0 Å². The first-order chi connectivity index (χ1) is 9.88. The van der Waals surface area contributed by atoms with Crippen LogP contribution in [-0.2, 0) is 14.3 Å². The number of hydrogen-bond acceptors (Lipinski definition) is 6. The van der Waals surface area contributed by atoms with Crippen molar-refractivity contribution in [3.63, 3.8) is 0 Å². The van der Waals surface area contributed by atoms with E-state index in [1.165, 1.54) is 25.3 Å². The summed E-state index contributed by atoms with van der Waals surface area (Å²) in [5.41, 5.74) is 0.0160. The smallest absolute Gasteiger partial charge is 0.349 e. The summed E-state index contributed by atoms with van der Waals surface area (Å²) in [6.07, 6.45) is 0.698. The van der Waals surface area contributed by atoms with Crippen molar-refractivity contribution in [1.82, 2.24) is 0 Å². The quantitative estimate of drug-likeness (QED) is 0.374. The summed E-state index contributed by atoms with van der Waals surface area (Å²) in [6, 6.07) is 4.19. The molecule has 0 saturated heterocycles. The second-order valence-electron chi connectivity index (χ2n) is 4.21. The summed E-state index contributed by atoms with van der Waals surface area (Å²) in [7, 11) is 1.46. The van der Waals surface area contributed by atoms with Gasteiger partial charge < -0.3 is 19.7 Å². The standard InChI is InChI=1S/C14H14ClNO5/c1-8(7-20-2)21-14(19)10(6-16)3-9-4-11(15)13(18)12(17)5-9/h3-5,8,17-18H,7H2,1-2H3/b10-3+/t8-/m1/s1.